The first-order valence-electron chi connectivity index (χ1n) is 5.94. The molecule has 1 nitrogen and oxygen atoms in total. The summed E-state index contributed by atoms with van der Waals surface area (Å²) in [7, 11) is 0. The highest BCUT2D eigenvalue weighted by molar-refractivity contribution is 5.36. The molecule has 3 heteroatoms. The van der Waals surface area contributed by atoms with Crippen LogP contribution in [0.5, 0.6) is 5.75 Å². The molecule has 0 aliphatic heterocycles. The summed E-state index contributed by atoms with van der Waals surface area (Å²) in [6, 6.07) is 5.35. The Morgan fingerprint density at radius 1 is 1.29 bits per heavy atom. The van der Waals surface area contributed by atoms with Crippen molar-refractivity contribution in [3.8, 4) is 5.75 Å². The zero-order chi connectivity index (χ0) is 12.8. The van der Waals surface area contributed by atoms with E-state index in [1.165, 1.54) is 0 Å². The Hall–Kier alpha value is -1.12. The van der Waals surface area contributed by atoms with Crippen LogP contribution in [0.1, 0.15) is 43.7 Å². The Labute approximate surface area is 102 Å². The lowest BCUT2D eigenvalue weighted by Gasteiger charge is -2.12. The number of hydrogen-bond donors (Lipinski definition) is 0. The molecule has 1 rings (SSSR count). The van der Waals surface area contributed by atoms with Crippen molar-refractivity contribution in [1.29, 1.82) is 0 Å². The highest BCUT2D eigenvalue weighted by Crippen LogP contribution is 2.25. The Morgan fingerprint density at radius 2 is 2.00 bits per heavy atom. The summed E-state index contributed by atoms with van der Waals surface area (Å²) in [4.78, 5) is 0. The third kappa shape index (κ3) is 4.72. The minimum absolute atomic E-state index is 0.0663. The van der Waals surface area contributed by atoms with Gasteiger partial charge in [-0.3, -0.25) is 0 Å². The molecule has 0 N–H and O–H groups in total. The summed E-state index contributed by atoms with van der Waals surface area (Å²) >= 11 is 0. The number of ether oxygens (including phenoxy) is 1. The molecule has 1 atom stereocenters. The van der Waals surface area contributed by atoms with Crippen molar-refractivity contribution in [2.75, 3.05) is 0 Å². The number of aryl methyl sites for hydroxylation is 1. The summed E-state index contributed by atoms with van der Waals surface area (Å²) in [6.45, 7) is 5.17. The SMILES string of the molecule is [CH2]C(C)c1cc(CCCC)cc(OC(F)F)c1. The molecule has 1 aromatic rings. The van der Waals surface area contributed by atoms with Gasteiger partial charge in [0.05, 0.1) is 0 Å². The lowest BCUT2D eigenvalue weighted by molar-refractivity contribution is -0.0499. The molecular weight excluding hydrogens is 222 g/mol. The van der Waals surface area contributed by atoms with Gasteiger partial charge in [0.1, 0.15) is 5.75 Å². The summed E-state index contributed by atoms with van der Waals surface area (Å²) in [6.07, 6.45) is 3.01. The predicted molar refractivity (Wildman–Crippen MR) is 65.5 cm³/mol. The zero-order valence-corrected chi connectivity index (χ0v) is 10.4. The molecule has 0 aliphatic rings. The van der Waals surface area contributed by atoms with Crippen molar-refractivity contribution in [3.05, 3.63) is 36.2 Å². The highest BCUT2D eigenvalue weighted by Gasteiger charge is 2.09. The Morgan fingerprint density at radius 3 is 2.53 bits per heavy atom. The Kier molecular flexibility index (Phi) is 5.39. The maximum Gasteiger partial charge on any atom is 0.387 e. The molecule has 0 spiro atoms. The van der Waals surface area contributed by atoms with Crippen LogP contribution >= 0.6 is 0 Å². The van der Waals surface area contributed by atoms with Crippen molar-refractivity contribution in [2.24, 2.45) is 0 Å². The summed E-state index contributed by atoms with van der Waals surface area (Å²) in [5.74, 6) is 0.302. The van der Waals surface area contributed by atoms with Crippen LogP contribution in [-0.4, -0.2) is 6.61 Å². The van der Waals surface area contributed by atoms with Crippen LogP contribution in [0.3, 0.4) is 0 Å². The van der Waals surface area contributed by atoms with Crippen LogP contribution in [0.25, 0.3) is 0 Å². The zero-order valence-electron chi connectivity index (χ0n) is 10.4. The van der Waals surface area contributed by atoms with Gasteiger partial charge >= 0.3 is 6.61 Å². The second-order valence-electron chi connectivity index (χ2n) is 4.29. The van der Waals surface area contributed by atoms with E-state index in [0.29, 0.717) is 0 Å². The fraction of sp³-hybridized carbons (Fsp3) is 0.500. The van der Waals surface area contributed by atoms with Gasteiger partial charge in [-0.15, -0.1) is 0 Å². The van der Waals surface area contributed by atoms with E-state index in [1.54, 1.807) is 12.1 Å². The average Bonchev–Trinajstić information content (AvgIpc) is 2.25. The number of alkyl halides is 2. The third-order valence-electron chi connectivity index (χ3n) is 2.60. The first-order valence-corrected chi connectivity index (χ1v) is 5.94. The first kappa shape index (κ1) is 13.9. The molecular formula is C14H19F2O. The van der Waals surface area contributed by atoms with Gasteiger partial charge in [0.25, 0.3) is 0 Å². The number of rotatable bonds is 6. The van der Waals surface area contributed by atoms with Gasteiger partial charge in [0.2, 0.25) is 0 Å². The monoisotopic (exact) mass is 241 g/mol. The van der Waals surface area contributed by atoms with Gasteiger partial charge in [0, 0.05) is 0 Å². The highest BCUT2D eigenvalue weighted by atomic mass is 19.3. The number of unbranched alkanes of at least 4 members (excludes halogenated alkanes) is 1. The van der Waals surface area contributed by atoms with E-state index in [2.05, 4.69) is 18.6 Å². The normalized spacial score (nSPS) is 11.2. The quantitative estimate of drug-likeness (QED) is 0.709. The molecule has 0 fully saturated rings. The Balaban J connectivity index is 2.92. The molecule has 0 saturated heterocycles. The van der Waals surface area contributed by atoms with Crippen LogP contribution in [0.15, 0.2) is 18.2 Å². The standard InChI is InChI=1S/C14H19F2O/c1-4-5-6-11-7-12(10(2)3)9-13(8-11)17-14(15)16/h7-10,14H,2,4-6H2,1,3H3. The molecule has 1 radical (unpaired) electrons. The van der Waals surface area contributed by atoms with Gasteiger partial charge in [-0.25, -0.2) is 0 Å². The van der Waals surface area contributed by atoms with Gasteiger partial charge in [0.15, 0.2) is 0 Å². The van der Waals surface area contributed by atoms with Crippen molar-refractivity contribution in [2.45, 2.75) is 45.6 Å². The number of benzene rings is 1. The van der Waals surface area contributed by atoms with Crippen LogP contribution in [0.2, 0.25) is 0 Å². The summed E-state index contributed by atoms with van der Waals surface area (Å²) in [5, 5.41) is 0. The van der Waals surface area contributed by atoms with E-state index in [1.807, 2.05) is 13.0 Å². The van der Waals surface area contributed by atoms with Crippen LogP contribution < -0.4 is 4.74 Å². The molecule has 0 aliphatic carbocycles. The molecule has 0 bridgehead atoms. The van der Waals surface area contributed by atoms with E-state index < -0.39 is 6.61 Å². The molecule has 0 heterocycles. The van der Waals surface area contributed by atoms with Gasteiger partial charge in [-0.1, -0.05) is 26.3 Å². The predicted octanol–water partition coefficient (Wildman–Crippen LogP) is 4.57. The molecule has 1 unspecified atom stereocenters. The summed E-state index contributed by atoms with van der Waals surface area (Å²) < 4.78 is 28.9. The second kappa shape index (κ2) is 6.58. The minimum atomic E-state index is -2.77. The van der Waals surface area contributed by atoms with Crippen LogP contribution in [0, 0.1) is 6.92 Å². The lowest BCUT2D eigenvalue weighted by Crippen LogP contribution is -2.03. The Bertz CT molecular complexity index is 348. The smallest absolute Gasteiger partial charge is 0.387 e. The van der Waals surface area contributed by atoms with Crippen molar-refractivity contribution in [1.82, 2.24) is 0 Å². The molecule has 0 saturated carbocycles. The van der Waals surface area contributed by atoms with Gasteiger partial charge < -0.3 is 4.74 Å². The molecule has 17 heavy (non-hydrogen) atoms. The lowest BCUT2D eigenvalue weighted by atomic mass is 9.98. The summed E-state index contributed by atoms with van der Waals surface area (Å²) in [5.41, 5.74) is 1.98. The van der Waals surface area contributed by atoms with Crippen LogP contribution in [0.4, 0.5) is 8.78 Å². The van der Waals surface area contributed by atoms with E-state index in [4.69, 9.17) is 0 Å². The fourth-order valence-electron chi connectivity index (χ4n) is 1.67. The number of halogens is 2. The largest absolute Gasteiger partial charge is 0.435 e. The van der Waals surface area contributed by atoms with Crippen LogP contribution in [-0.2, 0) is 6.42 Å². The van der Waals surface area contributed by atoms with Crippen molar-refractivity contribution in [3.63, 3.8) is 0 Å². The van der Waals surface area contributed by atoms with Gasteiger partial charge in [-0.2, -0.15) is 8.78 Å². The van der Waals surface area contributed by atoms with E-state index in [9.17, 15) is 8.78 Å². The maximum absolute atomic E-state index is 12.2. The second-order valence-corrected chi connectivity index (χ2v) is 4.29. The minimum Gasteiger partial charge on any atom is -0.435 e. The topological polar surface area (TPSA) is 9.23 Å². The molecule has 95 valence electrons. The molecule has 0 aromatic heterocycles. The maximum atomic E-state index is 12.2. The van der Waals surface area contributed by atoms with E-state index in [0.717, 1.165) is 30.4 Å². The van der Waals surface area contributed by atoms with Crippen molar-refractivity contribution < 1.29 is 13.5 Å². The van der Waals surface area contributed by atoms with Gasteiger partial charge in [-0.05, 0) is 48.9 Å². The average molecular weight is 241 g/mol. The number of hydrogen-bond acceptors (Lipinski definition) is 1. The molecule has 1 aromatic carbocycles. The van der Waals surface area contributed by atoms with E-state index >= 15 is 0 Å². The first-order chi connectivity index (χ1) is 8.02. The third-order valence-corrected chi connectivity index (χ3v) is 2.60. The fourth-order valence-corrected chi connectivity index (χ4v) is 1.67. The van der Waals surface area contributed by atoms with E-state index in [-0.39, 0.29) is 11.7 Å². The van der Waals surface area contributed by atoms with Crippen molar-refractivity contribution >= 4 is 0 Å². The molecule has 0 amide bonds.